The van der Waals surface area contributed by atoms with E-state index in [1.54, 1.807) is 36.4 Å². The van der Waals surface area contributed by atoms with Crippen molar-refractivity contribution < 1.29 is 23.1 Å². The quantitative estimate of drug-likeness (QED) is 0.432. The van der Waals surface area contributed by atoms with Gasteiger partial charge in [-0.05, 0) is 12.1 Å². The third-order valence-electron chi connectivity index (χ3n) is 5.28. The van der Waals surface area contributed by atoms with Gasteiger partial charge in [0.25, 0.3) is 5.91 Å². The van der Waals surface area contributed by atoms with Crippen molar-refractivity contribution >= 4 is 5.91 Å². The Kier molecular flexibility index (Phi) is 6.20. The van der Waals surface area contributed by atoms with Crippen LogP contribution in [0.1, 0.15) is 22.9 Å². The van der Waals surface area contributed by atoms with Crippen LogP contribution in [-0.4, -0.2) is 48.1 Å². The van der Waals surface area contributed by atoms with Crippen LogP contribution in [0.3, 0.4) is 0 Å². The zero-order valence-corrected chi connectivity index (χ0v) is 18.1. The number of aryl methyl sites for hydroxylation is 1. The van der Waals surface area contributed by atoms with Gasteiger partial charge in [-0.1, -0.05) is 48.5 Å². The Morgan fingerprint density at radius 2 is 1.71 bits per heavy atom. The van der Waals surface area contributed by atoms with Gasteiger partial charge in [-0.25, -0.2) is 14.6 Å². The van der Waals surface area contributed by atoms with Gasteiger partial charge in [-0.15, -0.1) is 5.10 Å². The molecule has 0 saturated heterocycles. The summed E-state index contributed by atoms with van der Waals surface area (Å²) in [6.07, 6.45) is -3.37. The molecule has 176 valence electrons. The fourth-order valence-corrected chi connectivity index (χ4v) is 3.51. The summed E-state index contributed by atoms with van der Waals surface area (Å²) in [5, 5.41) is 17.1. The Labute approximate surface area is 192 Å². The summed E-state index contributed by atoms with van der Waals surface area (Å²) >= 11 is 0. The van der Waals surface area contributed by atoms with Gasteiger partial charge >= 0.3 is 6.18 Å². The van der Waals surface area contributed by atoms with Gasteiger partial charge in [0.1, 0.15) is 5.82 Å². The highest BCUT2D eigenvalue weighted by atomic mass is 19.4. The number of carbonyl (C=O) groups excluding carboxylic acids is 1. The molecule has 2 N–H and O–H groups in total. The standard InChI is InChI=1S/C23H21F3N6O2/c1-31-15-14-28-21(31)22(34,23(24,25)26)12-13-27-20(33)18-29-19(16-8-4-2-5-9-16)32(30-18)17-10-6-3-7-11-17/h2-11,14-15,34H,12-13H2,1H3,(H,27,33)/t22-/m1/s1. The Morgan fingerprint density at radius 1 is 1.06 bits per heavy atom. The lowest BCUT2D eigenvalue weighted by molar-refractivity contribution is -0.272. The van der Waals surface area contributed by atoms with Crippen molar-refractivity contribution in [2.75, 3.05) is 6.54 Å². The first-order chi connectivity index (χ1) is 16.2. The molecule has 0 unspecified atom stereocenters. The van der Waals surface area contributed by atoms with Crippen molar-refractivity contribution in [3.05, 3.63) is 84.7 Å². The van der Waals surface area contributed by atoms with Crippen LogP contribution in [-0.2, 0) is 12.6 Å². The first-order valence-electron chi connectivity index (χ1n) is 10.3. The van der Waals surface area contributed by atoms with E-state index in [0.29, 0.717) is 17.1 Å². The maximum atomic E-state index is 13.7. The third kappa shape index (κ3) is 4.42. The highest BCUT2D eigenvalue weighted by molar-refractivity contribution is 5.91. The molecule has 4 aromatic rings. The Morgan fingerprint density at radius 3 is 2.29 bits per heavy atom. The molecule has 0 aliphatic carbocycles. The van der Waals surface area contributed by atoms with Crippen LogP contribution in [0.25, 0.3) is 17.1 Å². The second kappa shape index (κ2) is 9.10. The average Bonchev–Trinajstić information content (AvgIpc) is 3.46. The summed E-state index contributed by atoms with van der Waals surface area (Å²) in [7, 11) is 1.35. The smallest absolute Gasteiger partial charge is 0.374 e. The number of alkyl halides is 3. The summed E-state index contributed by atoms with van der Waals surface area (Å²) in [6, 6.07) is 18.1. The fourth-order valence-electron chi connectivity index (χ4n) is 3.51. The molecule has 1 atom stereocenters. The number of imidazole rings is 1. The van der Waals surface area contributed by atoms with E-state index in [0.717, 1.165) is 10.8 Å². The first kappa shape index (κ1) is 23.2. The summed E-state index contributed by atoms with van der Waals surface area (Å²) in [6.45, 7) is -0.484. The van der Waals surface area contributed by atoms with E-state index >= 15 is 0 Å². The minimum atomic E-state index is -5.00. The SMILES string of the molecule is Cn1ccnc1[C@](O)(CCNC(=O)c1nc(-c2ccccc2)n(-c2ccccc2)n1)C(F)(F)F. The molecule has 0 radical (unpaired) electrons. The number of aliphatic hydroxyl groups is 1. The molecular weight excluding hydrogens is 449 g/mol. The van der Waals surface area contributed by atoms with Crippen LogP contribution in [0.4, 0.5) is 13.2 Å². The predicted octanol–water partition coefficient (Wildman–Crippen LogP) is 3.24. The summed E-state index contributed by atoms with van der Waals surface area (Å²) in [4.78, 5) is 20.7. The number of nitrogens with zero attached hydrogens (tertiary/aromatic N) is 5. The summed E-state index contributed by atoms with van der Waals surface area (Å²) < 4.78 is 43.6. The monoisotopic (exact) mass is 470 g/mol. The number of carbonyl (C=O) groups is 1. The van der Waals surface area contributed by atoms with Gasteiger partial charge in [-0.2, -0.15) is 13.2 Å². The predicted molar refractivity (Wildman–Crippen MR) is 117 cm³/mol. The van der Waals surface area contributed by atoms with Crippen LogP contribution in [0.2, 0.25) is 0 Å². The zero-order chi connectivity index (χ0) is 24.3. The molecule has 0 aliphatic heterocycles. The lowest BCUT2D eigenvalue weighted by Crippen LogP contribution is -2.46. The highest BCUT2D eigenvalue weighted by Gasteiger charge is 2.57. The number of halogens is 3. The lowest BCUT2D eigenvalue weighted by Gasteiger charge is -2.29. The van der Waals surface area contributed by atoms with E-state index < -0.39 is 36.5 Å². The Balaban J connectivity index is 1.57. The summed E-state index contributed by atoms with van der Waals surface area (Å²) in [5.41, 5.74) is -1.86. The fraction of sp³-hybridized carbons (Fsp3) is 0.217. The highest BCUT2D eigenvalue weighted by Crippen LogP contribution is 2.40. The molecule has 8 nitrogen and oxygen atoms in total. The van der Waals surface area contributed by atoms with Crippen LogP contribution in [0, 0.1) is 0 Å². The number of hydrogen-bond acceptors (Lipinski definition) is 5. The van der Waals surface area contributed by atoms with E-state index in [9.17, 15) is 23.1 Å². The molecule has 2 aromatic carbocycles. The van der Waals surface area contributed by atoms with E-state index in [4.69, 9.17) is 0 Å². The van der Waals surface area contributed by atoms with Crippen molar-refractivity contribution in [2.45, 2.75) is 18.2 Å². The molecule has 0 fully saturated rings. The van der Waals surface area contributed by atoms with Gasteiger partial charge in [0.05, 0.1) is 5.69 Å². The number of benzene rings is 2. The van der Waals surface area contributed by atoms with Gasteiger partial charge in [0, 0.05) is 38.0 Å². The van der Waals surface area contributed by atoms with E-state index in [2.05, 4.69) is 20.4 Å². The first-order valence-corrected chi connectivity index (χ1v) is 10.3. The van der Waals surface area contributed by atoms with E-state index in [1.807, 2.05) is 24.3 Å². The maximum Gasteiger partial charge on any atom is 0.424 e. The number of rotatable bonds is 7. The molecule has 0 saturated carbocycles. The molecule has 2 heterocycles. The Bertz CT molecular complexity index is 1210. The van der Waals surface area contributed by atoms with Crippen LogP contribution >= 0.6 is 0 Å². The van der Waals surface area contributed by atoms with Gasteiger partial charge in [0.2, 0.25) is 11.4 Å². The van der Waals surface area contributed by atoms with Crippen molar-refractivity contribution in [3.63, 3.8) is 0 Å². The summed E-state index contributed by atoms with van der Waals surface area (Å²) in [5.74, 6) is -1.14. The molecular formula is C23H21F3N6O2. The molecule has 0 aliphatic rings. The van der Waals surface area contributed by atoms with Crippen molar-refractivity contribution in [3.8, 4) is 17.1 Å². The molecule has 11 heteroatoms. The van der Waals surface area contributed by atoms with Crippen LogP contribution in [0.5, 0.6) is 0 Å². The molecule has 34 heavy (non-hydrogen) atoms. The van der Waals surface area contributed by atoms with Crippen LogP contribution in [0.15, 0.2) is 73.1 Å². The van der Waals surface area contributed by atoms with Gasteiger partial charge in [0.15, 0.2) is 5.82 Å². The van der Waals surface area contributed by atoms with E-state index in [1.165, 1.54) is 17.9 Å². The second-order valence-electron chi connectivity index (χ2n) is 7.60. The maximum absolute atomic E-state index is 13.7. The molecule has 4 rings (SSSR count). The molecule has 0 spiro atoms. The van der Waals surface area contributed by atoms with Gasteiger partial charge < -0.3 is 15.0 Å². The van der Waals surface area contributed by atoms with Gasteiger partial charge in [-0.3, -0.25) is 4.79 Å². The lowest BCUT2D eigenvalue weighted by atomic mass is 9.97. The second-order valence-corrected chi connectivity index (χ2v) is 7.60. The number of aromatic nitrogens is 5. The number of nitrogens with one attached hydrogen (secondary N) is 1. The van der Waals surface area contributed by atoms with Crippen LogP contribution < -0.4 is 5.32 Å². The van der Waals surface area contributed by atoms with E-state index in [-0.39, 0.29) is 5.82 Å². The van der Waals surface area contributed by atoms with Crippen molar-refractivity contribution in [2.24, 2.45) is 7.05 Å². The number of amides is 1. The van der Waals surface area contributed by atoms with Crippen molar-refractivity contribution in [1.29, 1.82) is 0 Å². The largest absolute Gasteiger partial charge is 0.424 e. The number of hydrogen-bond donors (Lipinski definition) is 2. The normalized spacial score (nSPS) is 13.4. The minimum Gasteiger partial charge on any atom is -0.374 e. The topological polar surface area (TPSA) is 97.9 Å². The average molecular weight is 470 g/mol. The Hall–Kier alpha value is -3.99. The minimum absolute atomic E-state index is 0.213. The van der Waals surface area contributed by atoms with Crippen molar-refractivity contribution in [1.82, 2.24) is 29.6 Å². The number of para-hydroxylation sites is 1. The molecule has 0 bridgehead atoms. The third-order valence-corrected chi connectivity index (χ3v) is 5.28. The zero-order valence-electron chi connectivity index (χ0n) is 18.1. The molecule has 2 aromatic heterocycles. The molecule has 1 amide bonds.